The SMILES string of the molecule is O=C(CCCN1CCC(NS(=O)(=O)c2ccccc2)CC1)c1ccc(Cl)cc1. The smallest absolute Gasteiger partial charge is 0.240 e. The molecular formula is C21H25ClN2O3S. The fourth-order valence-corrected chi connectivity index (χ4v) is 4.86. The number of rotatable bonds is 8. The molecule has 3 rings (SSSR count). The summed E-state index contributed by atoms with van der Waals surface area (Å²) < 4.78 is 27.6. The zero-order valence-electron chi connectivity index (χ0n) is 15.7. The molecule has 0 unspecified atom stereocenters. The molecule has 0 atom stereocenters. The molecule has 150 valence electrons. The van der Waals surface area contributed by atoms with Crippen molar-refractivity contribution in [3.63, 3.8) is 0 Å². The lowest BCUT2D eigenvalue weighted by atomic mass is 10.0. The van der Waals surface area contributed by atoms with Crippen LogP contribution in [0.2, 0.25) is 5.02 Å². The van der Waals surface area contributed by atoms with Crippen LogP contribution in [-0.2, 0) is 10.0 Å². The number of carbonyl (C=O) groups is 1. The van der Waals surface area contributed by atoms with Crippen molar-refractivity contribution in [3.8, 4) is 0 Å². The van der Waals surface area contributed by atoms with E-state index >= 15 is 0 Å². The van der Waals surface area contributed by atoms with E-state index in [0.717, 1.165) is 38.9 Å². The third-order valence-electron chi connectivity index (χ3n) is 5.01. The van der Waals surface area contributed by atoms with E-state index in [4.69, 9.17) is 11.6 Å². The monoisotopic (exact) mass is 420 g/mol. The lowest BCUT2D eigenvalue weighted by Gasteiger charge is -2.32. The summed E-state index contributed by atoms with van der Waals surface area (Å²) in [6.07, 6.45) is 2.85. The molecule has 2 aromatic rings. The molecule has 5 nitrogen and oxygen atoms in total. The Kier molecular flexibility index (Phi) is 7.24. The normalized spacial score (nSPS) is 16.2. The van der Waals surface area contributed by atoms with Crippen LogP contribution in [0.25, 0.3) is 0 Å². The van der Waals surface area contributed by atoms with Gasteiger partial charge in [-0.2, -0.15) is 0 Å². The summed E-state index contributed by atoms with van der Waals surface area (Å²) in [5.41, 5.74) is 0.693. The lowest BCUT2D eigenvalue weighted by molar-refractivity contribution is 0.0972. The van der Waals surface area contributed by atoms with Crippen LogP contribution in [0.3, 0.4) is 0 Å². The third kappa shape index (κ3) is 5.88. The van der Waals surface area contributed by atoms with Gasteiger partial charge in [0.05, 0.1) is 4.90 Å². The minimum absolute atomic E-state index is 0.0443. The van der Waals surface area contributed by atoms with E-state index in [1.807, 2.05) is 0 Å². The summed E-state index contributed by atoms with van der Waals surface area (Å²) in [5, 5.41) is 0.627. The average molecular weight is 421 g/mol. The zero-order valence-corrected chi connectivity index (χ0v) is 17.3. The van der Waals surface area contributed by atoms with Gasteiger partial charge in [0.1, 0.15) is 0 Å². The van der Waals surface area contributed by atoms with Gasteiger partial charge in [0.25, 0.3) is 0 Å². The molecule has 1 aliphatic rings. The minimum Gasteiger partial charge on any atom is -0.303 e. The Hall–Kier alpha value is -1.73. The van der Waals surface area contributed by atoms with Gasteiger partial charge in [-0.1, -0.05) is 29.8 Å². The van der Waals surface area contributed by atoms with Gasteiger partial charge in [-0.3, -0.25) is 4.79 Å². The second-order valence-corrected chi connectivity index (χ2v) is 9.23. The Morgan fingerprint density at radius 3 is 2.32 bits per heavy atom. The van der Waals surface area contributed by atoms with Gasteiger partial charge in [-0.25, -0.2) is 13.1 Å². The van der Waals surface area contributed by atoms with Crippen LogP contribution in [0, 0.1) is 0 Å². The van der Waals surface area contributed by atoms with Gasteiger partial charge >= 0.3 is 0 Å². The topological polar surface area (TPSA) is 66.5 Å². The number of halogens is 1. The number of Topliss-reactive ketones (excluding diaryl/α,β-unsaturated/α-hetero) is 1. The van der Waals surface area contributed by atoms with Crippen LogP contribution in [0.1, 0.15) is 36.0 Å². The Morgan fingerprint density at radius 2 is 1.68 bits per heavy atom. The number of carbonyl (C=O) groups excluding carboxylic acids is 1. The maximum atomic E-state index is 12.4. The number of nitrogens with zero attached hydrogens (tertiary/aromatic N) is 1. The first kappa shape index (κ1) is 21.0. The Labute approximate surface area is 171 Å². The molecule has 1 N–H and O–H groups in total. The molecule has 1 aliphatic heterocycles. The van der Waals surface area contributed by atoms with E-state index in [0.29, 0.717) is 21.9 Å². The first-order chi connectivity index (χ1) is 13.4. The predicted octanol–water partition coefficient (Wildman–Crippen LogP) is 3.75. The zero-order chi connectivity index (χ0) is 20.0. The van der Waals surface area contributed by atoms with Gasteiger partial charge in [-0.05, 0) is 75.3 Å². The maximum Gasteiger partial charge on any atom is 0.240 e. The van der Waals surface area contributed by atoms with Crippen molar-refractivity contribution in [1.29, 1.82) is 0 Å². The van der Waals surface area contributed by atoms with Crippen molar-refractivity contribution in [2.24, 2.45) is 0 Å². The van der Waals surface area contributed by atoms with Crippen molar-refractivity contribution < 1.29 is 13.2 Å². The number of sulfonamides is 1. The standard InChI is InChI=1S/C21H25ClN2O3S/c22-18-10-8-17(9-11-18)21(25)7-4-14-24-15-12-19(13-16-24)23-28(26,27)20-5-2-1-3-6-20/h1-3,5-6,8-11,19,23H,4,7,12-16H2. The van der Waals surface area contributed by atoms with Crippen molar-refractivity contribution in [3.05, 3.63) is 65.2 Å². The molecule has 0 aliphatic carbocycles. The van der Waals surface area contributed by atoms with Gasteiger partial charge < -0.3 is 4.90 Å². The van der Waals surface area contributed by atoms with E-state index in [-0.39, 0.29) is 11.8 Å². The predicted molar refractivity (Wildman–Crippen MR) is 111 cm³/mol. The quantitative estimate of drug-likeness (QED) is 0.660. The molecule has 0 saturated carbocycles. The lowest BCUT2D eigenvalue weighted by Crippen LogP contribution is -2.44. The summed E-state index contributed by atoms with van der Waals surface area (Å²) >= 11 is 5.85. The molecule has 1 heterocycles. The molecule has 2 aromatic carbocycles. The third-order valence-corrected chi connectivity index (χ3v) is 6.80. The van der Waals surface area contributed by atoms with Crippen LogP contribution in [0.5, 0.6) is 0 Å². The first-order valence-corrected chi connectivity index (χ1v) is 11.4. The number of piperidine rings is 1. The fourth-order valence-electron chi connectivity index (χ4n) is 3.40. The van der Waals surface area contributed by atoms with Crippen molar-refractivity contribution >= 4 is 27.4 Å². The molecule has 7 heteroatoms. The van der Waals surface area contributed by atoms with Crippen LogP contribution in [0.15, 0.2) is 59.5 Å². The summed E-state index contributed by atoms with van der Waals surface area (Å²) in [7, 11) is -3.46. The average Bonchev–Trinajstić information content (AvgIpc) is 2.70. The van der Waals surface area contributed by atoms with Gasteiger partial charge in [0.15, 0.2) is 5.78 Å². The minimum atomic E-state index is -3.46. The maximum absolute atomic E-state index is 12.4. The number of nitrogens with one attached hydrogen (secondary N) is 1. The summed E-state index contributed by atoms with van der Waals surface area (Å²) in [6.45, 7) is 2.51. The number of benzene rings is 2. The van der Waals surface area contributed by atoms with Crippen LogP contribution in [-0.4, -0.2) is 44.8 Å². The molecule has 0 radical (unpaired) electrons. The van der Waals surface area contributed by atoms with Crippen molar-refractivity contribution in [2.75, 3.05) is 19.6 Å². The van der Waals surface area contributed by atoms with Gasteiger partial charge in [0, 0.05) is 23.0 Å². The molecule has 0 amide bonds. The number of hydrogen-bond donors (Lipinski definition) is 1. The van der Waals surface area contributed by atoms with Crippen LogP contribution < -0.4 is 4.72 Å². The molecule has 1 saturated heterocycles. The fraction of sp³-hybridized carbons (Fsp3) is 0.381. The van der Waals surface area contributed by atoms with E-state index in [1.54, 1.807) is 54.6 Å². The Balaban J connectivity index is 1.39. The molecule has 0 spiro atoms. The molecular weight excluding hydrogens is 396 g/mol. The number of likely N-dealkylation sites (tertiary alicyclic amines) is 1. The van der Waals surface area contributed by atoms with Gasteiger partial charge in [-0.15, -0.1) is 0 Å². The highest BCUT2D eigenvalue weighted by molar-refractivity contribution is 7.89. The Morgan fingerprint density at radius 1 is 1.04 bits per heavy atom. The van der Waals surface area contributed by atoms with Crippen LogP contribution >= 0.6 is 11.6 Å². The van der Waals surface area contributed by atoms with E-state index in [1.165, 1.54) is 0 Å². The van der Waals surface area contributed by atoms with Gasteiger partial charge in [0.2, 0.25) is 10.0 Å². The highest BCUT2D eigenvalue weighted by atomic mass is 35.5. The van der Waals surface area contributed by atoms with Crippen molar-refractivity contribution in [1.82, 2.24) is 9.62 Å². The molecule has 0 bridgehead atoms. The van der Waals surface area contributed by atoms with E-state index < -0.39 is 10.0 Å². The molecule has 28 heavy (non-hydrogen) atoms. The van der Waals surface area contributed by atoms with Crippen molar-refractivity contribution in [2.45, 2.75) is 36.6 Å². The van der Waals surface area contributed by atoms with Crippen LogP contribution in [0.4, 0.5) is 0 Å². The summed E-state index contributed by atoms with van der Waals surface area (Å²) in [5.74, 6) is 0.127. The van der Waals surface area contributed by atoms with E-state index in [9.17, 15) is 13.2 Å². The Bertz CT molecular complexity index is 878. The second kappa shape index (κ2) is 9.65. The summed E-state index contributed by atoms with van der Waals surface area (Å²) in [4.78, 5) is 14.8. The number of ketones is 1. The van der Waals surface area contributed by atoms with E-state index in [2.05, 4.69) is 9.62 Å². The first-order valence-electron chi connectivity index (χ1n) is 9.52. The second-order valence-electron chi connectivity index (χ2n) is 7.08. The summed E-state index contributed by atoms with van der Waals surface area (Å²) in [6, 6.07) is 15.4. The molecule has 1 fully saturated rings. The largest absolute Gasteiger partial charge is 0.303 e. The highest BCUT2D eigenvalue weighted by Crippen LogP contribution is 2.16. The number of hydrogen-bond acceptors (Lipinski definition) is 4. The highest BCUT2D eigenvalue weighted by Gasteiger charge is 2.24. The molecule has 0 aromatic heterocycles.